The van der Waals surface area contributed by atoms with Gasteiger partial charge in [0.25, 0.3) is 0 Å². The van der Waals surface area contributed by atoms with E-state index in [4.69, 9.17) is 0 Å². The molecule has 1 aliphatic rings. The first-order valence-electron chi connectivity index (χ1n) is 5.90. The molecule has 0 aromatic heterocycles. The maximum absolute atomic E-state index is 9.41. The van der Waals surface area contributed by atoms with Crippen molar-refractivity contribution in [1.82, 2.24) is 0 Å². The van der Waals surface area contributed by atoms with Crippen molar-refractivity contribution in [2.75, 3.05) is 0 Å². The number of halogens is 1. The van der Waals surface area contributed by atoms with E-state index in [9.17, 15) is 5.26 Å². The summed E-state index contributed by atoms with van der Waals surface area (Å²) in [5.74, 6) is 0. The lowest BCUT2D eigenvalue weighted by Crippen LogP contribution is -2.24. The molecule has 1 nitrogen and oxygen atoms in total. The molecule has 0 spiro atoms. The summed E-state index contributed by atoms with van der Waals surface area (Å²) in [5.41, 5.74) is 1.18. The second-order valence-electron chi connectivity index (χ2n) is 4.76. The fourth-order valence-electron chi connectivity index (χ4n) is 2.59. The molecule has 0 atom stereocenters. The lowest BCUT2D eigenvalue weighted by atomic mass is 9.71. The van der Waals surface area contributed by atoms with Gasteiger partial charge in [-0.15, -0.1) is 0 Å². The highest BCUT2D eigenvalue weighted by molar-refractivity contribution is 9.10. The zero-order valence-electron chi connectivity index (χ0n) is 9.38. The summed E-state index contributed by atoms with van der Waals surface area (Å²) in [7, 11) is 0. The van der Waals surface area contributed by atoms with E-state index >= 15 is 0 Å². The highest BCUT2D eigenvalue weighted by Gasteiger charge is 2.32. The summed E-state index contributed by atoms with van der Waals surface area (Å²) in [6, 6.07) is 10.9. The van der Waals surface area contributed by atoms with Crippen LogP contribution in [-0.4, -0.2) is 0 Å². The minimum atomic E-state index is -0.0982. The maximum Gasteiger partial charge on any atom is 0.0693 e. The van der Waals surface area contributed by atoms with E-state index < -0.39 is 0 Å². The summed E-state index contributed by atoms with van der Waals surface area (Å²) in [6.07, 6.45) is 6.75. The zero-order chi connectivity index (χ0) is 11.4. The number of nitriles is 1. The second kappa shape index (κ2) is 5.01. The first-order chi connectivity index (χ1) is 7.74. The number of rotatable bonds is 2. The highest BCUT2D eigenvalue weighted by Crippen LogP contribution is 2.38. The average molecular weight is 278 g/mol. The van der Waals surface area contributed by atoms with Crippen LogP contribution in [0.5, 0.6) is 0 Å². The molecule has 1 aromatic rings. The molecule has 0 radical (unpaired) electrons. The molecular weight excluding hydrogens is 262 g/mol. The van der Waals surface area contributed by atoms with Crippen LogP contribution in [0.3, 0.4) is 0 Å². The summed E-state index contributed by atoms with van der Waals surface area (Å²) in [5, 5.41) is 9.41. The van der Waals surface area contributed by atoms with E-state index in [1.165, 1.54) is 24.8 Å². The Labute approximate surface area is 106 Å². The van der Waals surface area contributed by atoms with E-state index in [1.807, 2.05) is 12.1 Å². The van der Waals surface area contributed by atoms with Crippen LogP contribution in [0, 0.1) is 16.7 Å². The average Bonchev–Trinajstić information content (AvgIpc) is 2.30. The van der Waals surface area contributed by atoms with Crippen LogP contribution in [0.2, 0.25) is 0 Å². The Balaban J connectivity index is 2.15. The molecule has 16 heavy (non-hydrogen) atoms. The van der Waals surface area contributed by atoms with Crippen LogP contribution < -0.4 is 0 Å². The fraction of sp³-hybridized carbons (Fsp3) is 0.500. The van der Waals surface area contributed by atoms with Crippen molar-refractivity contribution < 1.29 is 0 Å². The minimum Gasteiger partial charge on any atom is -0.198 e. The van der Waals surface area contributed by atoms with Gasteiger partial charge in [0.2, 0.25) is 0 Å². The van der Waals surface area contributed by atoms with E-state index in [2.05, 4.69) is 34.1 Å². The number of hydrogen-bond acceptors (Lipinski definition) is 1. The monoisotopic (exact) mass is 277 g/mol. The third-order valence-electron chi connectivity index (χ3n) is 3.48. The van der Waals surface area contributed by atoms with Crippen LogP contribution in [0.4, 0.5) is 0 Å². The molecule has 0 N–H and O–H groups in total. The van der Waals surface area contributed by atoms with E-state index in [-0.39, 0.29) is 5.41 Å². The van der Waals surface area contributed by atoms with Crippen molar-refractivity contribution in [3.8, 4) is 6.07 Å². The molecule has 1 saturated carbocycles. The predicted molar refractivity (Wildman–Crippen MR) is 69.0 cm³/mol. The third kappa shape index (κ3) is 2.65. The normalized spacial score (nSPS) is 19.0. The SMILES string of the molecule is N#CC1(Cc2cccc(Br)c2)CCCCC1. The fourth-order valence-corrected chi connectivity index (χ4v) is 3.04. The Morgan fingerprint density at radius 3 is 2.62 bits per heavy atom. The maximum atomic E-state index is 9.41. The molecule has 2 heteroatoms. The van der Waals surface area contributed by atoms with Gasteiger partial charge in [-0.2, -0.15) is 5.26 Å². The van der Waals surface area contributed by atoms with E-state index in [1.54, 1.807) is 0 Å². The number of hydrogen-bond donors (Lipinski definition) is 0. The van der Waals surface area contributed by atoms with Gasteiger partial charge in [0.15, 0.2) is 0 Å². The second-order valence-corrected chi connectivity index (χ2v) is 5.68. The van der Waals surface area contributed by atoms with Crippen LogP contribution in [0.15, 0.2) is 28.7 Å². The number of nitrogens with zero attached hydrogens (tertiary/aromatic N) is 1. The summed E-state index contributed by atoms with van der Waals surface area (Å²) < 4.78 is 1.11. The van der Waals surface area contributed by atoms with Gasteiger partial charge in [-0.1, -0.05) is 47.3 Å². The first-order valence-corrected chi connectivity index (χ1v) is 6.69. The van der Waals surface area contributed by atoms with Crippen molar-refractivity contribution in [2.24, 2.45) is 5.41 Å². The quantitative estimate of drug-likeness (QED) is 0.783. The summed E-state index contributed by atoms with van der Waals surface area (Å²) in [4.78, 5) is 0. The van der Waals surface area contributed by atoms with Crippen molar-refractivity contribution in [2.45, 2.75) is 38.5 Å². The van der Waals surface area contributed by atoms with Crippen LogP contribution in [0.25, 0.3) is 0 Å². The molecule has 1 fully saturated rings. The molecule has 0 amide bonds. The van der Waals surface area contributed by atoms with Gasteiger partial charge >= 0.3 is 0 Å². The molecular formula is C14H16BrN. The molecule has 84 valence electrons. The highest BCUT2D eigenvalue weighted by atomic mass is 79.9. The lowest BCUT2D eigenvalue weighted by Gasteiger charge is -2.30. The van der Waals surface area contributed by atoms with Gasteiger partial charge in [0, 0.05) is 4.47 Å². The van der Waals surface area contributed by atoms with Gasteiger partial charge in [0.1, 0.15) is 0 Å². The van der Waals surface area contributed by atoms with E-state index in [0.717, 1.165) is 23.7 Å². The lowest BCUT2D eigenvalue weighted by molar-refractivity contribution is 0.266. The van der Waals surface area contributed by atoms with Crippen molar-refractivity contribution in [1.29, 1.82) is 5.26 Å². The summed E-state index contributed by atoms with van der Waals surface area (Å²) in [6.45, 7) is 0. The first kappa shape index (κ1) is 11.7. The Bertz CT molecular complexity index is 399. The van der Waals surface area contributed by atoms with Crippen LogP contribution in [-0.2, 0) is 6.42 Å². The molecule has 0 unspecified atom stereocenters. The molecule has 1 aliphatic carbocycles. The molecule has 2 rings (SSSR count). The minimum absolute atomic E-state index is 0.0982. The van der Waals surface area contributed by atoms with Crippen molar-refractivity contribution >= 4 is 15.9 Å². The Hall–Kier alpha value is -0.810. The van der Waals surface area contributed by atoms with Gasteiger partial charge in [-0.3, -0.25) is 0 Å². The van der Waals surface area contributed by atoms with Crippen LogP contribution >= 0.6 is 15.9 Å². The van der Waals surface area contributed by atoms with Crippen LogP contribution in [0.1, 0.15) is 37.7 Å². The molecule has 0 bridgehead atoms. The van der Waals surface area contributed by atoms with Crippen molar-refractivity contribution in [3.05, 3.63) is 34.3 Å². The van der Waals surface area contributed by atoms with Gasteiger partial charge in [-0.05, 0) is 37.0 Å². The smallest absolute Gasteiger partial charge is 0.0693 e. The standard InChI is InChI=1S/C14H16BrN/c15-13-6-4-5-12(9-13)10-14(11-16)7-2-1-3-8-14/h4-6,9H,1-3,7-8,10H2. The summed E-state index contributed by atoms with van der Waals surface area (Å²) >= 11 is 3.48. The van der Waals surface area contributed by atoms with Gasteiger partial charge in [0.05, 0.1) is 11.5 Å². The Kier molecular flexibility index (Phi) is 3.66. The molecule has 0 heterocycles. The number of benzene rings is 1. The molecule has 1 aromatic carbocycles. The third-order valence-corrected chi connectivity index (χ3v) is 3.97. The van der Waals surface area contributed by atoms with Gasteiger partial charge < -0.3 is 0 Å². The zero-order valence-corrected chi connectivity index (χ0v) is 11.0. The topological polar surface area (TPSA) is 23.8 Å². The van der Waals surface area contributed by atoms with Crippen molar-refractivity contribution in [3.63, 3.8) is 0 Å². The predicted octanol–water partition coefficient (Wildman–Crippen LogP) is 4.47. The Morgan fingerprint density at radius 2 is 2.00 bits per heavy atom. The largest absolute Gasteiger partial charge is 0.198 e. The molecule has 0 saturated heterocycles. The van der Waals surface area contributed by atoms with E-state index in [0.29, 0.717) is 0 Å². The van der Waals surface area contributed by atoms with Gasteiger partial charge in [-0.25, -0.2) is 0 Å². The molecule has 0 aliphatic heterocycles. The Morgan fingerprint density at radius 1 is 1.25 bits per heavy atom.